The molecule has 2 aromatic rings. The number of amides is 3. The fourth-order valence-corrected chi connectivity index (χ4v) is 5.14. The monoisotopic (exact) mass is 437 g/mol. The first-order valence-corrected chi connectivity index (χ1v) is 11.8. The van der Waals surface area contributed by atoms with Crippen LogP contribution in [-0.4, -0.2) is 56.1 Å². The van der Waals surface area contributed by atoms with E-state index in [9.17, 15) is 14.4 Å². The number of hydrogen-bond acceptors (Lipinski definition) is 4. The Labute approximate surface area is 188 Å². The molecule has 1 aromatic carbocycles. The number of likely N-dealkylation sites (tertiary alicyclic amines) is 1. The van der Waals surface area contributed by atoms with Gasteiger partial charge in [0.2, 0.25) is 5.91 Å². The molecule has 0 saturated carbocycles. The second kappa shape index (κ2) is 9.26. The van der Waals surface area contributed by atoms with E-state index in [0.717, 1.165) is 42.0 Å². The van der Waals surface area contributed by atoms with Crippen molar-refractivity contribution in [3.05, 3.63) is 46.3 Å². The molecule has 0 spiro atoms. The predicted octanol–water partition coefficient (Wildman–Crippen LogP) is 1.87. The van der Waals surface area contributed by atoms with Crippen LogP contribution in [0.15, 0.2) is 30.3 Å². The lowest BCUT2D eigenvalue weighted by Crippen LogP contribution is -2.37. The number of hydrogen-bond donors (Lipinski definition) is 1. The number of rotatable bonds is 4. The molecule has 3 heterocycles. The average Bonchev–Trinajstić information content (AvgIpc) is 3.22. The smallest absolute Gasteiger partial charge is 0.261 e. The van der Waals surface area contributed by atoms with E-state index in [1.54, 1.807) is 4.90 Å². The zero-order valence-electron chi connectivity index (χ0n) is 18.1. The van der Waals surface area contributed by atoms with Crippen LogP contribution >= 0.6 is 11.3 Å². The van der Waals surface area contributed by atoms with Crippen LogP contribution in [0.25, 0.3) is 0 Å². The summed E-state index contributed by atoms with van der Waals surface area (Å²) in [7, 11) is 1.96. The van der Waals surface area contributed by atoms with E-state index in [4.69, 9.17) is 0 Å². The second-order valence-corrected chi connectivity index (χ2v) is 9.78. The Bertz CT molecular complexity index is 998. The Morgan fingerprint density at radius 1 is 1.10 bits per heavy atom. The van der Waals surface area contributed by atoms with Crippen LogP contribution in [0.2, 0.25) is 0 Å². The van der Waals surface area contributed by atoms with Crippen molar-refractivity contribution >= 4 is 47.4 Å². The lowest BCUT2D eigenvalue weighted by Gasteiger charge is -2.23. The van der Waals surface area contributed by atoms with E-state index in [0.29, 0.717) is 17.0 Å². The van der Waals surface area contributed by atoms with E-state index < -0.39 is 0 Å². The molecule has 31 heavy (non-hydrogen) atoms. The molecule has 1 atom stereocenters. The summed E-state index contributed by atoms with van der Waals surface area (Å²) in [6.45, 7) is 3.99. The van der Waals surface area contributed by atoms with Crippen LogP contribution in [0, 0.1) is 6.92 Å². The highest BCUT2D eigenvalue weighted by molar-refractivity contribution is 7.21. The number of nitrogens with one attached hydrogen (secondary N) is 1. The number of benzene rings is 1. The zero-order chi connectivity index (χ0) is 22.0. The number of thiophene rings is 1. The number of carbonyl (C=O) groups is 3. The molecule has 2 fully saturated rings. The topological polar surface area (TPSA) is 69.7 Å². The van der Waals surface area contributed by atoms with Gasteiger partial charge in [-0.25, -0.2) is 0 Å². The minimum absolute atomic E-state index is 0.0151. The van der Waals surface area contributed by atoms with Crippen LogP contribution in [0.5, 0.6) is 0 Å². The lowest BCUT2D eigenvalue weighted by atomic mass is 10.1. The maximum Gasteiger partial charge on any atom is 0.261 e. The standard InChI is InChI=1S/C23H28BN3O3S/c1-15-12-17(6-7-18(15)23(30)26-10-4-2-3-5-11-26)27-14-16(13-21(27)28)25-22(29)19-8-9-20(24)31-19/h6-9,12,16H,2-5,10-11,13-14,24H2,1H3,(H,25,29). The van der Waals surface area contributed by atoms with E-state index in [1.807, 2.05) is 50.0 Å². The van der Waals surface area contributed by atoms with E-state index >= 15 is 0 Å². The van der Waals surface area contributed by atoms with Crippen molar-refractivity contribution in [1.82, 2.24) is 10.2 Å². The number of aryl methyl sites for hydroxylation is 1. The molecule has 1 aromatic heterocycles. The molecular weight excluding hydrogens is 409 g/mol. The maximum absolute atomic E-state index is 13.0. The Hall–Kier alpha value is -2.61. The molecule has 2 saturated heterocycles. The Kier molecular flexibility index (Phi) is 6.46. The van der Waals surface area contributed by atoms with Gasteiger partial charge in [-0.05, 0) is 54.4 Å². The van der Waals surface area contributed by atoms with Gasteiger partial charge in [-0.15, -0.1) is 11.3 Å². The molecule has 0 aliphatic carbocycles. The van der Waals surface area contributed by atoms with Crippen molar-refractivity contribution in [2.75, 3.05) is 24.5 Å². The number of nitrogens with zero attached hydrogens (tertiary/aromatic N) is 2. The van der Waals surface area contributed by atoms with Gasteiger partial charge in [0.1, 0.15) is 0 Å². The minimum Gasteiger partial charge on any atom is -0.346 e. The second-order valence-electron chi connectivity index (χ2n) is 8.49. The molecule has 0 bridgehead atoms. The molecule has 6 nitrogen and oxygen atoms in total. The summed E-state index contributed by atoms with van der Waals surface area (Å²) in [4.78, 5) is 42.4. The zero-order valence-corrected chi connectivity index (χ0v) is 19.0. The van der Waals surface area contributed by atoms with Gasteiger partial charge in [0.05, 0.1) is 10.9 Å². The normalized spacial score (nSPS) is 19.4. The molecule has 2 aliphatic heterocycles. The predicted molar refractivity (Wildman–Crippen MR) is 126 cm³/mol. The molecular formula is C23H28BN3O3S. The van der Waals surface area contributed by atoms with Crippen molar-refractivity contribution in [3.63, 3.8) is 0 Å². The quantitative estimate of drug-likeness (QED) is 0.743. The summed E-state index contributed by atoms with van der Waals surface area (Å²) in [6, 6.07) is 9.11. The first-order chi connectivity index (χ1) is 14.9. The highest BCUT2D eigenvalue weighted by Crippen LogP contribution is 2.26. The first kappa shape index (κ1) is 21.6. The van der Waals surface area contributed by atoms with Gasteiger partial charge in [-0.3, -0.25) is 14.4 Å². The lowest BCUT2D eigenvalue weighted by molar-refractivity contribution is -0.117. The third kappa shape index (κ3) is 4.84. The van der Waals surface area contributed by atoms with Gasteiger partial charge in [-0.2, -0.15) is 0 Å². The molecule has 162 valence electrons. The Morgan fingerprint density at radius 3 is 2.48 bits per heavy atom. The molecule has 2 aliphatic rings. The fourth-order valence-electron chi connectivity index (χ4n) is 4.37. The summed E-state index contributed by atoms with van der Waals surface area (Å²) >= 11 is 1.45. The maximum atomic E-state index is 13.0. The van der Waals surface area contributed by atoms with Gasteiger partial charge in [0, 0.05) is 37.3 Å². The Balaban J connectivity index is 1.43. The first-order valence-electron chi connectivity index (χ1n) is 11.0. The van der Waals surface area contributed by atoms with Crippen LogP contribution in [0.1, 0.15) is 57.7 Å². The van der Waals surface area contributed by atoms with Gasteiger partial charge in [0.25, 0.3) is 11.8 Å². The van der Waals surface area contributed by atoms with Gasteiger partial charge in [0.15, 0.2) is 7.85 Å². The van der Waals surface area contributed by atoms with Crippen molar-refractivity contribution in [1.29, 1.82) is 0 Å². The van der Waals surface area contributed by atoms with E-state index in [1.165, 1.54) is 24.2 Å². The highest BCUT2D eigenvalue weighted by Gasteiger charge is 2.32. The van der Waals surface area contributed by atoms with Crippen LogP contribution in [-0.2, 0) is 4.79 Å². The summed E-state index contributed by atoms with van der Waals surface area (Å²) in [6.07, 6.45) is 4.77. The van der Waals surface area contributed by atoms with Crippen molar-refractivity contribution < 1.29 is 14.4 Å². The molecule has 1 unspecified atom stereocenters. The largest absolute Gasteiger partial charge is 0.346 e. The van der Waals surface area contributed by atoms with Gasteiger partial charge in [-0.1, -0.05) is 18.9 Å². The minimum atomic E-state index is -0.221. The molecule has 1 N–H and O–H groups in total. The molecule has 0 radical (unpaired) electrons. The summed E-state index contributed by atoms with van der Waals surface area (Å²) in [5.74, 6) is -0.0685. The third-order valence-electron chi connectivity index (χ3n) is 6.07. The van der Waals surface area contributed by atoms with Gasteiger partial charge >= 0.3 is 0 Å². The van der Waals surface area contributed by atoms with Crippen LogP contribution < -0.4 is 15.0 Å². The molecule has 3 amide bonds. The third-order valence-corrected chi connectivity index (χ3v) is 7.07. The fraction of sp³-hybridized carbons (Fsp3) is 0.435. The summed E-state index contributed by atoms with van der Waals surface area (Å²) in [5.41, 5.74) is 2.36. The van der Waals surface area contributed by atoms with Crippen LogP contribution in [0.4, 0.5) is 5.69 Å². The SMILES string of the molecule is Bc1ccc(C(=O)NC2CC(=O)N(c3ccc(C(=O)N4CCCCCC4)c(C)c3)C2)s1. The van der Waals surface area contributed by atoms with Crippen LogP contribution in [0.3, 0.4) is 0 Å². The van der Waals surface area contributed by atoms with Crippen molar-refractivity contribution in [2.24, 2.45) is 0 Å². The summed E-state index contributed by atoms with van der Waals surface area (Å²) < 4.78 is 1.08. The van der Waals surface area contributed by atoms with E-state index in [-0.39, 0.29) is 30.2 Å². The summed E-state index contributed by atoms with van der Waals surface area (Å²) in [5, 5.41) is 2.98. The molecule has 8 heteroatoms. The van der Waals surface area contributed by atoms with Crippen molar-refractivity contribution in [2.45, 2.75) is 45.1 Å². The number of anilines is 1. The van der Waals surface area contributed by atoms with E-state index in [2.05, 4.69) is 5.32 Å². The molecule has 4 rings (SSSR count). The van der Waals surface area contributed by atoms with Gasteiger partial charge < -0.3 is 15.1 Å². The average molecular weight is 437 g/mol. The highest BCUT2D eigenvalue weighted by atomic mass is 32.1. The Morgan fingerprint density at radius 2 is 1.84 bits per heavy atom. The number of carbonyl (C=O) groups excluding carboxylic acids is 3. The van der Waals surface area contributed by atoms with Crippen molar-refractivity contribution in [3.8, 4) is 0 Å².